The summed E-state index contributed by atoms with van der Waals surface area (Å²) in [6.07, 6.45) is 1.93. The molecule has 4 aromatic rings. The molecular weight excluding hydrogens is 396 g/mol. The van der Waals surface area contributed by atoms with Crippen molar-refractivity contribution in [3.05, 3.63) is 77.2 Å². The smallest absolute Gasteiger partial charge is 0.233 e. The highest BCUT2D eigenvalue weighted by Crippen LogP contribution is 2.33. The first kappa shape index (κ1) is 20.2. The third-order valence-electron chi connectivity index (χ3n) is 4.93. The number of rotatable bonds is 7. The average Bonchev–Trinajstić information content (AvgIpc) is 3.37. The number of amides is 1. The molecule has 0 bridgehead atoms. The molecule has 4 rings (SSSR count). The summed E-state index contributed by atoms with van der Waals surface area (Å²) in [5.41, 5.74) is 4.18. The Bertz CT molecular complexity index is 1160. The van der Waals surface area contributed by atoms with Crippen LogP contribution in [0.1, 0.15) is 29.4 Å². The van der Waals surface area contributed by atoms with Gasteiger partial charge in [-0.2, -0.15) is 0 Å². The second-order valence-electron chi connectivity index (χ2n) is 7.22. The highest BCUT2D eigenvalue weighted by molar-refractivity contribution is 7.22. The van der Waals surface area contributed by atoms with Gasteiger partial charge in [0, 0.05) is 0 Å². The SMILES string of the molecule is CCOc1ccc2nc(N(Cc3ccco3)C(=O)Cc3ccc(C)cc3C)sc2c1. The molecule has 6 heteroatoms. The number of carbonyl (C=O) groups is 1. The highest BCUT2D eigenvalue weighted by Gasteiger charge is 2.22. The van der Waals surface area contributed by atoms with E-state index < -0.39 is 0 Å². The Balaban J connectivity index is 1.67. The number of carbonyl (C=O) groups excluding carboxylic acids is 1. The summed E-state index contributed by atoms with van der Waals surface area (Å²) >= 11 is 1.49. The molecule has 0 atom stereocenters. The van der Waals surface area contributed by atoms with Crippen LogP contribution in [0.15, 0.2) is 59.2 Å². The number of nitrogens with zero attached hydrogens (tertiary/aromatic N) is 2. The van der Waals surface area contributed by atoms with E-state index in [0.29, 0.717) is 24.7 Å². The van der Waals surface area contributed by atoms with Gasteiger partial charge in [0.05, 0.1) is 36.1 Å². The van der Waals surface area contributed by atoms with Crippen LogP contribution in [0.2, 0.25) is 0 Å². The molecule has 0 fully saturated rings. The van der Waals surface area contributed by atoms with Crippen molar-refractivity contribution in [2.75, 3.05) is 11.5 Å². The number of thiazole rings is 1. The number of anilines is 1. The van der Waals surface area contributed by atoms with Crippen molar-refractivity contribution in [1.29, 1.82) is 0 Å². The Morgan fingerprint density at radius 1 is 1.17 bits per heavy atom. The first-order valence-electron chi connectivity index (χ1n) is 9.95. The summed E-state index contributed by atoms with van der Waals surface area (Å²) in [5, 5.41) is 0.657. The number of furan rings is 1. The lowest BCUT2D eigenvalue weighted by Crippen LogP contribution is -2.31. The van der Waals surface area contributed by atoms with Crippen LogP contribution in [0.3, 0.4) is 0 Å². The summed E-state index contributed by atoms with van der Waals surface area (Å²) in [4.78, 5) is 19.8. The molecule has 0 unspecified atom stereocenters. The van der Waals surface area contributed by atoms with Gasteiger partial charge in [0.2, 0.25) is 5.91 Å². The molecule has 0 aliphatic rings. The van der Waals surface area contributed by atoms with E-state index in [1.165, 1.54) is 16.9 Å². The molecule has 30 heavy (non-hydrogen) atoms. The van der Waals surface area contributed by atoms with Crippen LogP contribution in [0.25, 0.3) is 10.2 Å². The second kappa shape index (κ2) is 8.71. The quantitative estimate of drug-likeness (QED) is 0.386. The molecule has 1 amide bonds. The fourth-order valence-electron chi connectivity index (χ4n) is 3.39. The van der Waals surface area contributed by atoms with Gasteiger partial charge in [-0.25, -0.2) is 4.98 Å². The molecule has 0 saturated heterocycles. The van der Waals surface area contributed by atoms with E-state index in [1.807, 2.05) is 56.3 Å². The van der Waals surface area contributed by atoms with Gasteiger partial charge in [-0.1, -0.05) is 35.1 Å². The normalized spacial score (nSPS) is 11.0. The molecule has 0 saturated carbocycles. The fourth-order valence-corrected chi connectivity index (χ4v) is 4.40. The molecule has 0 N–H and O–H groups in total. The summed E-state index contributed by atoms with van der Waals surface area (Å²) < 4.78 is 12.1. The van der Waals surface area contributed by atoms with Gasteiger partial charge in [-0.3, -0.25) is 9.69 Å². The monoisotopic (exact) mass is 420 g/mol. The number of benzene rings is 2. The van der Waals surface area contributed by atoms with Crippen molar-refractivity contribution in [2.24, 2.45) is 0 Å². The minimum absolute atomic E-state index is 0.0116. The first-order valence-corrected chi connectivity index (χ1v) is 10.8. The summed E-state index contributed by atoms with van der Waals surface area (Å²) in [5.74, 6) is 1.51. The minimum atomic E-state index is -0.0116. The van der Waals surface area contributed by atoms with Gasteiger partial charge in [-0.15, -0.1) is 0 Å². The maximum atomic E-state index is 13.3. The lowest BCUT2D eigenvalue weighted by atomic mass is 10.0. The van der Waals surface area contributed by atoms with Gasteiger partial charge in [0.15, 0.2) is 5.13 Å². The van der Waals surface area contributed by atoms with Crippen LogP contribution >= 0.6 is 11.3 Å². The van der Waals surface area contributed by atoms with Crippen LogP contribution in [0, 0.1) is 13.8 Å². The van der Waals surface area contributed by atoms with E-state index in [9.17, 15) is 4.79 Å². The summed E-state index contributed by atoms with van der Waals surface area (Å²) in [7, 11) is 0. The minimum Gasteiger partial charge on any atom is -0.494 e. The van der Waals surface area contributed by atoms with Crippen LogP contribution < -0.4 is 9.64 Å². The second-order valence-corrected chi connectivity index (χ2v) is 8.23. The molecule has 2 aromatic carbocycles. The first-order chi connectivity index (χ1) is 14.5. The Kier molecular flexibility index (Phi) is 5.86. The highest BCUT2D eigenvalue weighted by atomic mass is 32.1. The van der Waals surface area contributed by atoms with Crippen molar-refractivity contribution in [1.82, 2.24) is 4.98 Å². The third-order valence-corrected chi connectivity index (χ3v) is 5.97. The molecule has 0 aliphatic carbocycles. The Morgan fingerprint density at radius 3 is 2.77 bits per heavy atom. The molecule has 0 aliphatic heterocycles. The van der Waals surface area contributed by atoms with Gasteiger partial charge in [-0.05, 0) is 62.2 Å². The lowest BCUT2D eigenvalue weighted by Gasteiger charge is -2.19. The number of aryl methyl sites for hydroxylation is 2. The maximum Gasteiger partial charge on any atom is 0.233 e. The molecule has 2 aromatic heterocycles. The number of hydrogen-bond donors (Lipinski definition) is 0. The van der Waals surface area contributed by atoms with Crippen molar-refractivity contribution in [2.45, 2.75) is 33.7 Å². The van der Waals surface area contributed by atoms with Crippen molar-refractivity contribution >= 4 is 32.6 Å². The lowest BCUT2D eigenvalue weighted by molar-refractivity contribution is -0.118. The fraction of sp³-hybridized carbons (Fsp3) is 0.250. The van der Waals surface area contributed by atoms with Gasteiger partial charge in [0.25, 0.3) is 0 Å². The molecule has 154 valence electrons. The van der Waals surface area contributed by atoms with Gasteiger partial charge < -0.3 is 9.15 Å². The van der Waals surface area contributed by atoms with Crippen molar-refractivity contribution in [3.63, 3.8) is 0 Å². The zero-order valence-corrected chi connectivity index (χ0v) is 18.2. The van der Waals surface area contributed by atoms with Crippen LogP contribution in [-0.2, 0) is 17.8 Å². The molecule has 0 radical (unpaired) electrons. The number of hydrogen-bond acceptors (Lipinski definition) is 5. The Labute approximate surface area is 179 Å². The zero-order chi connectivity index (χ0) is 21.1. The van der Waals surface area contributed by atoms with Crippen LogP contribution in [0.4, 0.5) is 5.13 Å². The standard InChI is InChI=1S/C24H24N2O3S/c1-4-28-19-9-10-21-22(14-19)30-24(25-21)26(15-20-6-5-11-29-20)23(27)13-18-8-7-16(2)12-17(18)3/h5-12,14H,4,13,15H2,1-3H3. The number of aromatic nitrogens is 1. The van der Waals surface area contributed by atoms with Crippen LogP contribution in [0.5, 0.6) is 5.75 Å². The van der Waals surface area contributed by atoms with Crippen molar-refractivity contribution < 1.29 is 13.9 Å². The number of ether oxygens (including phenoxy) is 1. The van der Waals surface area contributed by atoms with E-state index in [4.69, 9.17) is 14.1 Å². The largest absolute Gasteiger partial charge is 0.494 e. The number of fused-ring (bicyclic) bond motifs is 1. The van der Waals surface area contributed by atoms with Crippen LogP contribution in [-0.4, -0.2) is 17.5 Å². The van der Waals surface area contributed by atoms with E-state index >= 15 is 0 Å². The predicted octanol–water partition coefficient (Wildman–Crippen LogP) is 5.68. The molecule has 5 nitrogen and oxygen atoms in total. The molecule has 0 spiro atoms. The summed E-state index contributed by atoms with van der Waals surface area (Å²) in [6, 6.07) is 15.7. The van der Waals surface area contributed by atoms with E-state index in [0.717, 1.165) is 32.9 Å². The van der Waals surface area contributed by atoms with Gasteiger partial charge in [0.1, 0.15) is 11.5 Å². The Morgan fingerprint density at radius 2 is 2.03 bits per heavy atom. The van der Waals surface area contributed by atoms with E-state index in [-0.39, 0.29) is 5.91 Å². The molecule has 2 heterocycles. The zero-order valence-electron chi connectivity index (χ0n) is 17.3. The van der Waals surface area contributed by atoms with E-state index in [1.54, 1.807) is 11.2 Å². The van der Waals surface area contributed by atoms with Crippen molar-refractivity contribution in [3.8, 4) is 5.75 Å². The average molecular weight is 421 g/mol. The third kappa shape index (κ3) is 4.39. The van der Waals surface area contributed by atoms with E-state index in [2.05, 4.69) is 13.0 Å². The molecular formula is C24H24N2O3S. The topological polar surface area (TPSA) is 55.6 Å². The van der Waals surface area contributed by atoms with Gasteiger partial charge >= 0.3 is 0 Å². The summed E-state index contributed by atoms with van der Waals surface area (Å²) in [6.45, 7) is 7.00. The maximum absolute atomic E-state index is 13.3. The predicted molar refractivity (Wildman–Crippen MR) is 120 cm³/mol. The Hall–Kier alpha value is -3.12.